The fourth-order valence-corrected chi connectivity index (χ4v) is 2.96. The zero-order chi connectivity index (χ0) is 16.1. The number of rotatable bonds is 6. The van der Waals surface area contributed by atoms with Crippen LogP contribution in [0.15, 0.2) is 36.8 Å². The molecule has 1 saturated heterocycles. The smallest absolute Gasteiger partial charge is 0.249 e. The van der Waals surface area contributed by atoms with Crippen molar-refractivity contribution >= 4 is 5.91 Å². The van der Waals surface area contributed by atoms with Crippen molar-refractivity contribution in [3.05, 3.63) is 48.0 Å². The van der Waals surface area contributed by atoms with Gasteiger partial charge in [0.2, 0.25) is 5.91 Å². The molecule has 1 N–H and O–H groups in total. The number of pyridine rings is 1. The number of aromatic nitrogens is 3. The van der Waals surface area contributed by atoms with Gasteiger partial charge in [0, 0.05) is 49.9 Å². The van der Waals surface area contributed by atoms with E-state index in [1.807, 2.05) is 36.0 Å². The predicted molar refractivity (Wildman–Crippen MR) is 85.8 cm³/mol. The van der Waals surface area contributed by atoms with Crippen molar-refractivity contribution in [3.8, 4) is 0 Å². The molecule has 2 atom stereocenters. The van der Waals surface area contributed by atoms with E-state index in [2.05, 4.69) is 15.4 Å². The second kappa shape index (κ2) is 7.37. The molecule has 122 valence electrons. The summed E-state index contributed by atoms with van der Waals surface area (Å²) in [5.41, 5.74) is 2.17. The molecule has 2 aromatic rings. The number of carbonyl (C=O) groups excluding carboxylic acids is 1. The van der Waals surface area contributed by atoms with Gasteiger partial charge in [-0.3, -0.25) is 14.5 Å². The zero-order valence-corrected chi connectivity index (χ0v) is 13.3. The Kier molecular flexibility index (Phi) is 5.02. The third-order valence-corrected chi connectivity index (χ3v) is 4.26. The van der Waals surface area contributed by atoms with Crippen LogP contribution >= 0.6 is 0 Å². The topological polar surface area (TPSA) is 69.0 Å². The number of nitrogens with zero attached hydrogens (tertiary/aromatic N) is 3. The van der Waals surface area contributed by atoms with Crippen molar-refractivity contribution in [2.24, 2.45) is 5.92 Å². The van der Waals surface area contributed by atoms with E-state index < -0.39 is 0 Å². The highest BCUT2D eigenvalue weighted by molar-refractivity contribution is 5.81. The highest BCUT2D eigenvalue weighted by Gasteiger charge is 2.34. The largest absolute Gasteiger partial charge is 0.368 e. The van der Waals surface area contributed by atoms with Crippen LogP contribution in [0.3, 0.4) is 0 Å². The Morgan fingerprint density at radius 2 is 2.35 bits per heavy atom. The maximum Gasteiger partial charge on any atom is 0.249 e. The average molecular weight is 314 g/mol. The van der Waals surface area contributed by atoms with Gasteiger partial charge in [0.05, 0.1) is 0 Å². The Labute approximate surface area is 135 Å². The Hall–Kier alpha value is -2.21. The summed E-state index contributed by atoms with van der Waals surface area (Å²) in [7, 11) is 0. The number of nitrogens with one attached hydrogen (secondary N) is 1. The molecule has 1 fully saturated rings. The molecule has 2 aromatic heterocycles. The third kappa shape index (κ3) is 3.96. The molecule has 0 aliphatic carbocycles. The van der Waals surface area contributed by atoms with E-state index in [0.29, 0.717) is 19.7 Å². The number of hydrogen-bond donors (Lipinski definition) is 1. The molecular weight excluding hydrogens is 292 g/mol. The molecule has 1 amide bonds. The summed E-state index contributed by atoms with van der Waals surface area (Å²) in [6.07, 6.45) is 6.74. The van der Waals surface area contributed by atoms with Crippen molar-refractivity contribution in [1.82, 2.24) is 20.1 Å². The van der Waals surface area contributed by atoms with E-state index >= 15 is 0 Å². The summed E-state index contributed by atoms with van der Waals surface area (Å²) in [4.78, 5) is 16.6. The number of hydrogen-bond acceptors (Lipinski definition) is 4. The highest BCUT2D eigenvalue weighted by atomic mass is 16.5. The van der Waals surface area contributed by atoms with Crippen LogP contribution in [0.25, 0.3) is 0 Å². The van der Waals surface area contributed by atoms with Gasteiger partial charge in [-0.2, -0.15) is 5.10 Å². The summed E-state index contributed by atoms with van der Waals surface area (Å²) in [5, 5.41) is 7.20. The van der Waals surface area contributed by atoms with Gasteiger partial charge in [-0.1, -0.05) is 6.07 Å². The van der Waals surface area contributed by atoms with Crippen LogP contribution in [0, 0.1) is 12.8 Å². The van der Waals surface area contributed by atoms with Gasteiger partial charge in [-0.15, -0.1) is 0 Å². The first kappa shape index (κ1) is 15.7. The van der Waals surface area contributed by atoms with Gasteiger partial charge in [0.1, 0.15) is 6.10 Å². The first-order valence-electron chi connectivity index (χ1n) is 8.01. The predicted octanol–water partition coefficient (Wildman–Crippen LogP) is 1.35. The van der Waals surface area contributed by atoms with Gasteiger partial charge >= 0.3 is 0 Å². The maximum atomic E-state index is 12.4. The van der Waals surface area contributed by atoms with Crippen molar-refractivity contribution < 1.29 is 9.53 Å². The first-order valence-corrected chi connectivity index (χ1v) is 8.01. The Morgan fingerprint density at radius 1 is 1.43 bits per heavy atom. The van der Waals surface area contributed by atoms with Crippen LogP contribution < -0.4 is 5.32 Å². The molecule has 0 radical (unpaired) electrons. The van der Waals surface area contributed by atoms with Gasteiger partial charge < -0.3 is 10.1 Å². The minimum absolute atomic E-state index is 0.0267. The van der Waals surface area contributed by atoms with Crippen molar-refractivity contribution in [1.29, 1.82) is 0 Å². The second-order valence-electron chi connectivity index (χ2n) is 5.86. The molecule has 6 heteroatoms. The molecule has 0 spiro atoms. The van der Waals surface area contributed by atoms with Gasteiger partial charge in [0.15, 0.2) is 0 Å². The Balaban J connectivity index is 1.50. The van der Waals surface area contributed by atoms with Gasteiger partial charge in [-0.05, 0) is 37.5 Å². The monoisotopic (exact) mass is 314 g/mol. The van der Waals surface area contributed by atoms with Crippen LogP contribution in [0.5, 0.6) is 0 Å². The number of aryl methyl sites for hydroxylation is 1. The van der Waals surface area contributed by atoms with Crippen LogP contribution in [0.4, 0.5) is 0 Å². The van der Waals surface area contributed by atoms with Crippen LogP contribution in [-0.2, 0) is 22.5 Å². The summed E-state index contributed by atoms with van der Waals surface area (Å²) in [6.45, 7) is 3.93. The third-order valence-electron chi connectivity index (χ3n) is 4.26. The lowest BCUT2D eigenvalue weighted by Crippen LogP contribution is -2.40. The van der Waals surface area contributed by atoms with Gasteiger partial charge in [-0.25, -0.2) is 0 Å². The second-order valence-corrected chi connectivity index (χ2v) is 5.86. The lowest BCUT2D eigenvalue weighted by Gasteiger charge is -2.18. The quantitative estimate of drug-likeness (QED) is 0.874. The Bertz CT molecular complexity index is 642. The first-order chi connectivity index (χ1) is 11.2. The fourth-order valence-electron chi connectivity index (χ4n) is 2.96. The van der Waals surface area contributed by atoms with Gasteiger partial charge in [0.25, 0.3) is 0 Å². The average Bonchev–Trinajstić information content (AvgIpc) is 3.21. The van der Waals surface area contributed by atoms with E-state index in [9.17, 15) is 4.79 Å². The minimum Gasteiger partial charge on any atom is -0.368 e. The van der Waals surface area contributed by atoms with E-state index in [1.165, 1.54) is 0 Å². The lowest BCUT2D eigenvalue weighted by molar-refractivity contribution is -0.131. The molecule has 0 bridgehead atoms. The molecule has 3 rings (SSSR count). The summed E-state index contributed by atoms with van der Waals surface area (Å²) >= 11 is 0. The van der Waals surface area contributed by atoms with Crippen LogP contribution in [0.1, 0.15) is 17.7 Å². The fraction of sp³-hybridized carbons (Fsp3) is 0.471. The zero-order valence-electron chi connectivity index (χ0n) is 13.3. The maximum absolute atomic E-state index is 12.4. The number of amides is 1. The summed E-state index contributed by atoms with van der Waals surface area (Å²) < 4.78 is 7.50. The standard InChI is InChI=1S/C17H22N4O2/c1-13-14(4-2-7-18-13)5-9-19-17(22)16-15(6-11-23-16)12-21-10-3-8-20-21/h2-4,7-8,10,15-16H,5-6,9,11-12H2,1H3,(H,19,22)/t15-,16-/m0/s1. The normalized spacial score (nSPS) is 20.6. The van der Waals surface area contributed by atoms with E-state index in [-0.39, 0.29) is 17.9 Å². The Morgan fingerprint density at radius 3 is 3.13 bits per heavy atom. The molecule has 1 aliphatic rings. The molecule has 0 saturated carbocycles. The number of carbonyl (C=O) groups is 1. The van der Waals surface area contributed by atoms with Crippen molar-refractivity contribution in [2.75, 3.05) is 13.2 Å². The van der Waals surface area contributed by atoms with E-state index in [1.54, 1.807) is 12.4 Å². The molecule has 1 aliphatic heterocycles. The SMILES string of the molecule is Cc1ncccc1CCNC(=O)[C@H]1OCC[C@H]1Cn1cccn1. The summed E-state index contributed by atoms with van der Waals surface area (Å²) in [5.74, 6) is 0.149. The number of ether oxygens (including phenoxy) is 1. The van der Waals surface area contributed by atoms with E-state index in [0.717, 1.165) is 24.1 Å². The molecule has 0 unspecified atom stereocenters. The van der Waals surface area contributed by atoms with Crippen LogP contribution in [-0.4, -0.2) is 39.9 Å². The van der Waals surface area contributed by atoms with E-state index in [4.69, 9.17) is 4.74 Å². The molecular formula is C17H22N4O2. The minimum atomic E-state index is -0.380. The molecule has 0 aromatic carbocycles. The molecule has 3 heterocycles. The lowest BCUT2D eigenvalue weighted by atomic mass is 10.0. The van der Waals surface area contributed by atoms with Crippen molar-refractivity contribution in [2.45, 2.75) is 32.4 Å². The van der Waals surface area contributed by atoms with Crippen LogP contribution in [0.2, 0.25) is 0 Å². The molecule has 6 nitrogen and oxygen atoms in total. The summed E-state index contributed by atoms with van der Waals surface area (Å²) in [6, 6.07) is 5.85. The molecule has 23 heavy (non-hydrogen) atoms. The highest BCUT2D eigenvalue weighted by Crippen LogP contribution is 2.22. The van der Waals surface area contributed by atoms with Crippen molar-refractivity contribution in [3.63, 3.8) is 0 Å².